The second-order valence-corrected chi connectivity index (χ2v) is 8.54. The number of hydrogen-bond acceptors (Lipinski definition) is 4. The van der Waals surface area contributed by atoms with E-state index in [4.69, 9.17) is 0 Å². The SMILES string of the molecule is Cn1nccc1CN1CCC2(CCCC2C(=O)NCc2cccs2)C1. The molecule has 1 saturated heterocycles. The molecule has 1 aliphatic heterocycles. The Morgan fingerprint density at radius 3 is 3.12 bits per heavy atom. The summed E-state index contributed by atoms with van der Waals surface area (Å²) in [6.07, 6.45) is 6.40. The van der Waals surface area contributed by atoms with Crippen LogP contribution in [0, 0.1) is 11.3 Å². The van der Waals surface area contributed by atoms with E-state index in [9.17, 15) is 4.79 Å². The molecule has 2 unspecified atom stereocenters. The number of aryl methyl sites for hydroxylation is 1. The fourth-order valence-corrected chi connectivity index (χ4v) is 5.30. The highest BCUT2D eigenvalue weighted by molar-refractivity contribution is 7.09. The van der Waals surface area contributed by atoms with Crippen LogP contribution < -0.4 is 5.32 Å². The van der Waals surface area contributed by atoms with Gasteiger partial charge in [0, 0.05) is 37.1 Å². The van der Waals surface area contributed by atoms with E-state index in [0.29, 0.717) is 6.54 Å². The van der Waals surface area contributed by atoms with E-state index in [-0.39, 0.29) is 17.2 Å². The van der Waals surface area contributed by atoms with Crippen molar-refractivity contribution in [3.8, 4) is 0 Å². The van der Waals surface area contributed by atoms with Crippen LogP contribution in [0.25, 0.3) is 0 Å². The van der Waals surface area contributed by atoms with Gasteiger partial charge >= 0.3 is 0 Å². The fourth-order valence-electron chi connectivity index (χ4n) is 4.65. The average Bonchev–Trinajstić information content (AvgIpc) is 3.38. The number of thiophene rings is 1. The van der Waals surface area contributed by atoms with E-state index >= 15 is 0 Å². The maximum atomic E-state index is 12.8. The summed E-state index contributed by atoms with van der Waals surface area (Å²) in [4.78, 5) is 16.6. The van der Waals surface area contributed by atoms with E-state index in [2.05, 4.69) is 32.8 Å². The Hall–Kier alpha value is -1.66. The molecular weight excluding hydrogens is 332 g/mol. The van der Waals surface area contributed by atoms with Crippen molar-refractivity contribution in [2.24, 2.45) is 18.4 Å². The molecule has 0 aromatic carbocycles. The van der Waals surface area contributed by atoms with Crippen LogP contribution in [0.1, 0.15) is 36.3 Å². The number of amides is 1. The Morgan fingerprint density at radius 2 is 2.36 bits per heavy atom. The number of likely N-dealkylation sites (tertiary alicyclic amines) is 1. The van der Waals surface area contributed by atoms with Gasteiger partial charge in [-0.3, -0.25) is 14.4 Å². The first-order valence-corrected chi connectivity index (χ1v) is 10.0. The second kappa shape index (κ2) is 6.92. The summed E-state index contributed by atoms with van der Waals surface area (Å²) in [6.45, 7) is 3.72. The van der Waals surface area contributed by atoms with Gasteiger partial charge in [0.1, 0.15) is 0 Å². The number of carbonyl (C=O) groups excluding carboxylic acids is 1. The van der Waals surface area contributed by atoms with E-state index in [0.717, 1.165) is 32.5 Å². The number of aromatic nitrogens is 2. The van der Waals surface area contributed by atoms with E-state index in [1.54, 1.807) is 11.3 Å². The quantitative estimate of drug-likeness (QED) is 0.894. The van der Waals surface area contributed by atoms with Gasteiger partial charge in [-0.15, -0.1) is 11.3 Å². The molecule has 1 amide bonds. The Labute approximate surface area is 153 Å². The zero-order valence-corrected chi connectivity index (χ0v) is 15.6. The molecule has 0 bridgehead atoms. The second-order valence-electron chi connectivity index (χ2n) is 7.51. The molecule has 1 N–H and O–H groups in total. The number of nitrogens with one attached hydrogen (secondary N) is 1. The largest absolute Gasteiger partial charge is 0.351 e. The van der Waals surface area contributed by atoms with Crippen molar-refractivity contribution in [3.63, 3.8) is 0 Å². The maximum Gasteiger partial charge on any atom is 0.224 e. The summed E-state index contributed by atoms with van der Waals surface area (Å²) >= 11 is 1.70. The summed E-state index contributed by atoms with van der Waals surface area (Å²) in [6, 6.07) is 6.21. The molecule has 2 atom stereocenters. The Bertz CT molecular complexity index is 726. The highest BCUT2D eigenvalue weighted by atomic mass is 32.1. The molecule has 6 heteroatoms. The zero-order chi connectivity index (χ0) is 17.3. The molecule has 25 heavy (non-hydrogen) atoms. The van der Waals surface area contributed by atoms with Gasteiger partial charge in [0.2, 0.25) is 5.91 Å². The maximum absolute atomic E-state index is 12.8. The van der Waals surface area contributed by atoms with Crippen LogP contribution >= 0.6 is 11.3 Å². The van der Waals surface area contributed by atoms with Crippen LogP contribution in [0.5, 0.6) is 0 Å². The predicted molar refractivity (Wildman–Crippen MR) is 99.0 cm³/mol. The Morgan fingerprint density at radius 1 is 1.44 bits per heavy atom. The summed E-state index contributed by atoms with van der Waals surface area (Å²) in [5, 5.41) is 9.51. The molecule has 2 fully saturated rings. The highest BCUT2D eigenvalue weighted by Gasteiger charge is 2.50. The summed E-state index contributed by atoms with van der Waals surface area (Å²) < 4.78 is 1.95. The normalized spacial score (nSPS) is 26.5. The Balaban J connectivity index is 1.38. The molecule has 1 aliphatic carbocycles. The number of hydrogen-bond donors (Lipinski definition) is 1. The summed E-state index contributed by atoms with van der Waals surface area (Å²) in [5.74, 6) is 0.428. The minimum Gasteiger partial charge on any atom is -0.351 e. The smallest absolute Gasteiger partial charge is 0.224 e. The molecule has 4 rings (SSSR count). The minimum atomic E-state index is 0.170. The molecule has 0 radical (unpaired) electrons. The number of nitrogens with zero attached hydrogens (tertiary/aromatic N) is 3. The average molecular weight is 359 g/mol. The van der Waals surface area contributed by atoms with Crippen LogP contribution in [-0.2, 0) is 24.9 Å². The molecule has 2 aliphatic rings. The molecule has 3 heterocycles. The third-order valence-corrected chi connectivity index (χ3v) is 6.89. The van der Waals surface area contributed by atoms with Gasteiger partial charge in [-0.1, -0.05) is 12.5 Å². The monoisotopic (exact) mass is 358 g/mol. The lowest BCUT2D eigenvalue weighted by atomic mass is 9.76. The van der Waals surface area contributed by atoms with E-state index in [1.165, 1.54) is 23.4 Å². The zero-order valence-electron chi connectivity index (χ0n) is 14.8. The highest BCUT2D eigenvalue weighted by Crippen LogP contribution is 2.50. The van der Waals surface area contributed by atoms with E-state index < -0.39 is 0 Å². The van der Waals surface area contributed by atoms with Crippen LogP contribution in [0.4, 0.5) is 0 Å². The molecule has 1 spiro atoms. The molecule has 2 aromatic heterocycles. The molecule has 1 saturated carbocycles. The van der Waals surface area contributed by atoms with E-state index in [1.807, 2.05) is 24.0 Å². The van der Waals surface area contributed by atoms with Crippen molar-refractivity contribution in [1.82, 2.24) is 20.0 Å². The predicted octanol–water partition coefficient (Wildman–Crippen LogP) is 2.79. The van der Waals surface area contributed by atoms with Crippen molar-refractivity contribution in [2.45, 2.75) is 38.8 Å². The lowest BCUT2D eigenvalue weighted by Gasteiger charge is -2.30. The van der Waals surface area contributed by atoms with Crippen LogP contribution in [0.15, 0.2) is 29.8 Å². The molecular formula is C19H26N4OS. The van der Waals surface area contributed by atoms with Gasteiger partial charge < -0.3 is 5.32 Å². The molecule has 2 aromatic rings. The number of carbonyl (C=O) groups is 1. The van der Waals surface area contributed by atoms with Crippen molar-refractivity contribution in [1.29, 1.82) is 0 Å². The van der Waals surface area contributed by atoms with Gasteiger partial charge in [-0.05, 0) is 48.7 Å². The lowest BCUT2D eigenvalue weighted by molar-refractivity contribution is -0.128. The molecule has 134 valence electrons. The third-order valence-electron chi connectivity index (χ3n) is 6.01. The van der Waals surface area contributed by atoms with Crippen LogP contribution in [0.2, 0.25) is 0 Å². The van der Waals surface area contributed by atoms with Gasteiger partial charge in [-0.25, -0.2) is 0 Å². The van der Waals surface area contributed by atoms with Crippen LogP contribution in [0.3, 0.4) is 0 Å². The summed E-state index contributed by atoms with van der Waals surface area (Å²) in [7, 11) is 2.00. The first kappa shape index (κ1) is 16.8. The lowest BCUT2D eigenvalue weighted by Crippen LogP contribution is -2.40. The number of rotatable bonds is 5. The first-order chi connectivity index (χ1) is 12.2. The van der Waals surface area contributed by atoms with Crippen LogP contribution in [-0.4, -0.2) is 33.7 Å². The summed E-state index contributed by atoms with van der Waals surface area (Å²) in [5.41, 5.74) is 1.42. The van der Waals surface area contributed by atoms with Gasteiger partial charge in [0.05, 0.1) is 12.2 Å². The van der Waals surface area contributed by atoms with Crippen molar-refractivity contribution in [2.75, 3.05) is 13.1 Å². The first-order valence-electron chi connectivity index (χ1n) is 9.16. The topological polar surface area (TPSA) is 50.2 Å². The van der Waals surface area contributed by atoms with Crippen molar-refractivity contribution in [3.05, 3.63) is 40.3 Å². The van der Waals surface area contributed by atoms with Crippen molar-refractivity contribution >= 4 is 17.2 Å². The molecule has 5 nitrogen and oxygen atoms in total. The van der Waals surface area contributed by atoms with Gasteiger partial charge in [-0.2, -0.15) is 5.10 Å². The third kappa shape index (κ3) is 3.37. The Kier molecular flexibility index (Phi) is 4.65. The van der Waals surface area contributed by atoms with Gasteiger partial charge in [0.25, 0.3) is 0 Å². The van der Waals surface area contributed by atoms with Crippen molar-refractivity contribution < 1.29 is 4.79 Å². The van der Waals surface area contributed by atoms with Gasteiger partial charge in [0.15, 0.2) is 0 Å². The minimum absolute atomic E-state index is 0.170. The standard InChI is InChI=1S/C19H26N4OS/c1-22-15(6-9-21-22)13-23-10-8-19(14-23)7-2-5-17(19)18(24)20-12-16-4-3-11-25-16/h3-4,6,9,11,17H,2,5,7-8,10,12-14H2,1H3,(H,20,24). The fraction of sp³-hybridized carbons (Fsp3) is 0.579.